The maximum atomic E-state index is 12.3. The molecule has 23 heavy (non-hydrogen) atoms. The van der Waals surface area contributed by atoms with Crippen molar-refractivity contribution in [1.29, 1.82) is 0 Å². The Hall–Kier alpha value is -1.88. The van der Waals surface area contributed by atoms with Gasteiger partial charge in [-0.3, -0.25) is 4.79 Å². The minimum absolute atomic E-state index is 0.0186. The van der Waals surface area contributed by atoms with Crippen LogP contribution in [0.15, 0.2) is 41.0 Å². The number of halogens is 1. The minimum Gasteiger partial charge on any atom is -0.349 e. The Morgan fingerprint density at radius 1 is 1.22 bits per heavy atom. The van der Waals surface area contributed by atoms with Gasteiger partial charge in [-0.25, -0.2) is 4.98 Å². The summed E-state index contributed by atoms with van der Waals surface area (Å²) in [7, 11) is 0. The van der Waals surface area contributed by atoms with Gasteiger partial charge in [0, 0.05) is 28.0 Å². The number of pyridine rings is 1. The van der Waals surface area contributed by atoms with Crippen molar-refractivity contribution in [2.45, 2.75) is 38.6 Å². The van der Waals surface area contributed by atoms with E-state index in [9.17, 15) is 4.79 Å². The number of benzene rings is 1. The molecule has 0 atom stereocenters. The van der Waals surface area contributed by atoms with Gasteiger partial charge in [-0.1, -0.05) is 28.8 Å². The third kappa shape index (κ3) is 4.10. The predicted molar refractivity (Wildman–Crippen MR) is 96.1 cm³/mol. The lowest BCUT2D eigenvalue weighted by molar-refractivity contribution is 0.0938. The van der Waals surface area contributed by atoms with Crippen LogP contribution in [0.1, 0.15) is 41.6 Å². The van der Waals surface area contributed by atoms with E-state index in [1.807, 2.05) is 25.1 Å². The molecule has 3 rings (SSSR count). The van der Waals surface area contributed by atoms with Gasteiger partial charge in [-0.2, -0.15) is 0 Å². The van der Waals surface area contributed by atoms with E-state index >= 15 is 0 Å². The smallest absolute Gasteiger partial charge is 0.251 e. The van der Waals surface area contributed by atoms with Gasteiger partial charge in [-0.15, -0.1) is 0 Å². The lowest BCUT2D eigenvalue weighted by Crippen LogP contribution is -2.32. The number of anilines is 2. The average Bonchev–Trinajstić information content (AvgIpc) is 3.03. The van der Waals surface area contributed by atoms with E-state index in [4.69, 9.17) is 0 Å². The van der Waals surface area contributed by atoms with E-state index in [1.54, 1.807) is 18.3 Å². The summed E-state index contributed by atoms with van der Waals surface area (Å²) < 4.78 is 1.04. The number of rotatable bonds is 4. The molecule has 1 aliphatic rings. The molecule has 0 unspecified atom stereocenters. The summed E-state index contributed by atoms with van der Waals surface area (Å²) in [5, 5.41) is 6.38. The number of aromatic nitrogens is 1. The van der Waals surface area contributed by atoms with Crippen molar-refractivity contribution in [3.63, 3.8) is 0 Å². The first-order valence-corrected chi connectivity index (χ1v) is 8.71. The van der Waals surface area contributed by atoms with Crippen LogP contribution in [0.4, 0.5) is 11.5 Å². The summed E-state index contributed by atoms with van der Waals surface area (Å²) in [5.74, 6) is 0.657. The number of carbonyl (C=O) groups is 1. The molecule has 2 aromatic rings. The number of carbonyl (C=O) groups excluding carboxylic acids is 1. The Kier molecular flexibility index (Phi) is 4.96. The van der Waals surface area contributed by atoms with Crippen LogP contribution >= 0.6 is 15.9 Å². The highest BCUT2D eigenvalue weighted by molar-refractivity contribution is 9.10. The van der Waals surface area contributed by atoms with E-state index in [0.717, 1.165) is 28.6 Å². The van der Waals surface area contributed by atoms with Crippen molar-refractivity contribution in [3.8, 4) is 0 Å². The van der Waals surface area contributed by atoms with Crippen LogP contribution in [-0.4, -0.2) is 16.9 Å². The van der Waals surface area contributed by atoms with Gasteiger partial charge in [-0.05, 0) is 55.7 Å². The van der Waals surface area contributed by atoms with Gasteiger partial charge in [0.15, 0.2) is 0 Å². The lowest BCUT2D eigenvalue weighted by atomic mass is 10.2. The third-order valence-electron chi connectivity index (χ3n) is 4.16. The Balaban J connectivity index is 1.72. The molecule has 2 N–H and O–H groups in total. The fourth-order valence-corrected chi connectivity index (χ4v) is 3.36. The zero-order valence-electron chi connectivity index (χ0n) is 13.1. The maximum Gasteiger partial charge on any atom is 0.251 e. The average molecular weight is 374 g/mol. The molecule has 1 saturated carbocycles. The quantitative estimate of drug-likeness (QED) is 0.825. The first kappa shape index (κ1) is 16.0. The van der Waals surface area contributed by atoms with E-state index in [2.05, 4.69) is 31.5 Å². The number of nitrogens with one attached hydrogen (secondary N) is 2. The normalized spacial score (nSPS) is 14.7. The molecule has 1 heterocycles. The van der Waals surface area contributed by atoms with Gasteiger partial charge >= 0.3 is 0 Å². The Morgan fingerprint density at radius 3 is 2.74 bits per heavy atom. The minimum atomic E-state index is -0.0186. The molecule has 0 aliphatic heterocycles. The Morgan fingerprint density at radius 2 is 2.00 bits per heavy atom. The predicted octanol–water partition coefficient (Wildman–Crippen LogP) is 4.57. The summed E-state index contributed by atoms with van der Waals surface area (Å²) in [6, 6.07) is 9.88. The van der Waals surface area contributed by atoms with E-state index in [0.29, 0.717) is 17.4 Å². The second-order valence-electron chi connectivity index (χ2n) is 5.97. The number of hydrogen-bond donors (Lipinski definition) is 2. The molecule has 120 valence electrons. The highest BCUT2D eigenvalue weighted by Gasteiger charge is 2.18. The summed E-state index contributed by atoms with van der Waals surface area (Å²) >= 11 is 3.46. The maximum absolute atomic E-state index is 12.3. The second kappa shape index (κ2) is 7.13. The van der Waals surface area contributed by atoms with Gasteiger partial charge in [0.1, 0.15) is 5.82 Å². The standard InChI is InChI=1S/C18H20BrN3O/c1-12-10-14(19)6-7-16(12)22-17-11-13(8-9-20-17)18(23)21-15-4-2-3-5-15/h6-11,15H,2-5H2,1H3,(H,20,22)(H,21,23). The van der Waals surface area contributed by atoms with E-state index in [-0.39, 0.29) is 5.91 Å². The van der Waals surface area contributed by atoms with Crippen LogP contribution in [0, 0.1) is 6.92 Å². The largest absolute Gasteiger partial charge is 0.349 e. The fraction of sp³-hybridized carbons (Fsp3) is 0.333. The summed E-state index contributed by atoms with van der Waals surface area (Å²) in [6.07, 6.45) is 6.24. The number of hydrogen-bond acceptors (Lipinski definition) is 3. The van der Waals surface area contributed by atoms with E-state index < -0.39 is 0 Å². The van der Waals surface area contributed by atoms with Crippen LogP contribution in [0.2, 0.25) is 0 Å². The van der Waals surface area contributed by atoms with Crippen molar-refractivity contribution < 1.29 is 4.79 Å². The van der Waals surface area contributed by atoms with E-state index in [1.165, 1.54) is 12.8 Å². The topological polar surface area (TPSA) is 54.0 Å². The lowest BCUT2D eigenvalue weighted by Gasteiger charge is -2.13. The molecule has 4 nitrogen and oxygen atoms in total. The monoisotopic (exact) mass is 373 g/mol. The molecule has 1 aliphatic carbocycles. The van der Waals surface area contributed by atoms with Crippen molar-refractivity contribution in [3.05, 3.63) is 52.1 Å². The molecule has 1 amide bonds. The van der Waals surface area contributed by atoms with Gasteiger partial charge in [0.25, 0.3) is 5.91 Å². The second-order valence-corrected chi connectivity index (χ2v) is 6.88. The molecule has 1 fully saturated rings. The van der Waals surface area contributed by atoms with Gasteiger partial charge in [0.05, 0.1) is 0 Å². The first-order chi connectivity index (χ1) is 11.1. The Bertz CT molecular complexity index is 711. The Labute approximate surface area is 144 Å². The van der Waals surface area contributed by atoms with Gasteiger partial charge < -0.3 is 10.6 Å². The summed E-state index contributed by atoms with van der Waals surface area (Å²) in [6.45, 7) is 2.03. The van der Waals surface area contributed by atoms with Crippen LogP contribution in [0.25, 0.3) is 0 Å². The first-order valence-electron chi connectivity index (χ1n) is 7.92. The molecule has 0 radical (unpaired) electrons. The number of nitrogens with zero attached hydrogens (tertiary/aromatic N) is 1. The highest BCUT2D eigenvalue weighted by atomic mass is 79.9. The van der Waals surface area contributed by atoms with Crippen molar-refractivity contribution in [1.82, 2.24) is 10.3 Å². The third-order valence-corrected chi connectivity index (χ3v) is 4.66. The summed E-state index contributed by atoms with van der Waals surface area (Å²) in [4.78, 5) is 16.7. The summed E-state index contributed by atoms with van der Waals surface area (Å²) in [5.41, 5.74) is 2.74. The van der Waals surface area contributed by atoms with Crippen molar-refractivity contribution >= 4 is 33.3 Å². The molecular formula is C18H20BrN3O. The molecule has 0 bridgehead atoms. The fourth-order valence-electron chi connectivity index (χ4n) is 2.88. The molecular weight excluding hydrogens is 354 g/mol. The van der Waals surface area contributed by atoms with Gasteiger partial charge in [0.2, 0.25) is 0 Å². The molecule has 1 aromatic heterocycles. The SMILES string of the molecule is Cc1cc(Br)ccc1Nc1cc(C(=O)NC2CCCC2)ccn1. The molecule has 5 heteroatoms. The van der Waals surface area contributed by atoms with Crippen molar-refractivity contribution in [2.75, 3.05) is 5.32 Å². The molecule has 0 saturated heterocycles. The zero-order chi connectivity index (χ0) is 16.2. The van der Waals surface area contributed by atoms with Crippen LogP contribution in [0.5, 0.6) is 0 Å². The van der Waals surface area contributed by atoms with Crippen LogP contribution in [-0.2, 0) is 0 Å². The number of aryl methyl sites for hydroxylation is 1. The van der Waals surface area contributed by atoms with Crippen molar-refractivity contribution in [2.24, 2.45) is 0 Å². The molecule has 1 aromatic carbocycles. The molecule has 0 spiro atoms. The zero-order valence-corrected chi connectivity index (χ0v) is 14.7. The van der Waals surface area contributed by atoms with Crippen LogP contribution < -0.4 is 10.6 Å². The van der Waals surface area contributed by atoms with Crippen LogP contribution in [0.3, 0.4) is 0 Å². The number of amides is 1. The highest BCUT2D eigenvalue weighted by Crippen LogP contribution is 2.23.